The fraction of sp³-hybridized carbons (Fsp3) is 0.429. The zero-order chi connectivity index (χ0) is 17.1. The lowest BCUT2D eigenvalue weighted by Crippen LogP contribution is -2.35. The van der Waals surface area contributed by atoms with E-state index in [0.29, 0.717) is 23.8 Å². The van der Waals surface area contributed by atoms with Gasteiger partial charge in [0.2, 0.25) is 0 Å². The Hall–Kier alpha value is -2.36. The summed E-state index contributed by atoms with van der Waals surface area (Å²) in [5, 5.41) is 15.0. The van der Waals surface area contributed by atoms with Crippen molar-refractivity contribution in [1.82, 2.24) is 0 Å². The number of nitro benzene ring substituents is 1. The Morgan fingerprint density at radius 1 is 1.12 bits per heavy atom. The summed E-state index contributed by atoms with van der Waals surface area (Å²) in [4.78, 5) is 11.0. The maximum absolute atomic E-state index is 11.2. The summed E-state index contributed by atoms with van der Waals surface area (Å²) in [5.41, 5.74) is 5.12. The largest absolute Gasteiger partial charge is 0.378 e. The van der Waals surface area contributed by atoms with Gasteiger partial charge in [-0.3, -0.25) is 10.1 Å². The van der Waals surface area contributed by atoms with Gasteiger partial charge in [-0.2, -0.15) is 0 Å². The lowest BCUT2D eigenvalue weighted by molar-refractivity contribution is -0.384. The van der Waals surface area contributed by atoms with Crippen LogP contribution in [0.5, 0.6) is 0 Å². The molecule has 2 aromatic carbocycles. The van der Waals surface area contributed by atoms with E-state index in [1.165, 1.54) is 36.0 Å². The summed E-state index contributed by atoms with van der Waals surface area (Å²) in [6, 6.07) is 14.5. The van der Waals surface area contributed by atoms with E-state index in [0.717, 1.165) is 11.6 Å². The van der Waals surface area contributed by atoms with Crippen LogP contribution in [0.4, 0.5) is 11.4 Å². The van der Waals surface area contributed by atoms with Crippen molar-refractivity contribution in [3.05, 3.63) is 69.3 Å². The molecular formula is C21H22N2O2. The van der Waals surface area contributed by atoms with Gasteiger partial charge in [-0.05, 0) is 67.1 Å². The van der Waals surface area contributed by atoms with E-state index in [9.17, 15) is 10.1 Å². The number of fused-ring (bicyclic) bond motifs is 7. The number of nitro groups is 1. The van der Waals surface area contributed by atoms with Crippen molar-refractivity contribution in [2.75, 3.05) is 5.32 Å². The van der Waals surface area contributed by atoms with Gasteiger partial charge < -0.3 is 5.32 Å². The molecule has 2 bridgehead atoms. The van der Waals surface area contributed by atoms with Crippen molar-refractivity contribution in [3.63, 3.8) is 0 Å². The van der Waals surface area contributed by atoms with Crippen molar-refractivity contribution in [2.45, 2.75) is 38.1 Å². The fourth-order valence-corrected chi connectivity index (χ4v) is 5.78. The first-order valence-electron chi connectivity index (χ1n) is 9.23. The highest BCUT2D eigenvalue weighted by Gasteiger charge is 2.54. The van der Waals surface area contributed by atoms with Crippen molar-refractivity contribution in [2.24, 2.45) is 17.8 Å². The Labute approximate surface area is 147 Å². The van der Waals surface area contributed by atoms with Crippen LogP contribution in [0.2, 0.25) is 0 Å². The molecule has 0 saturated heterocycles. The van der Waals surface area contributed by atoms with Gasteiger partial charge in [-0.15, -0.1) is 0 Å². The third-order valence-electron chi connectivity index (χ3n) is 6.68. The van der Waals surface area contributed by atoms with Crippen LogP contribution in [0.3, 0.4) is 0 Å². The van der Waals surface area contributed by atoms with Crippen LogP contribution < -0.4 is 5.32 Å². The molecule has 4 heteroatoms. The molecule has 0 unspecified atom stereocenters. The van der Waals surface area contributed by atoms with Gasteiger partial charge in [-0.25, -0.2) is 0 Å². The number of aryl methyl sites for hydroxylation is 1. The Balaban J connectivity index is 1.64. The second-order valence-corrected chi connectivity index (χ2v) is 8.00. The van der Waals surface area contributed by atoms with Crippen LogP contribution in [-0.4, -0.2) is 4.92 Å². The molecule has 0 aromatic heterocycles. The van der Waals surface area contributed by atoms with E-state index in [4.69, 9.17) is 0 Å². The fourth-order valence-electron chi connectivity index (χ4n) is 5.78. The molecule has 4 nitrogen and oxygen atoms in total. The molecule has 2 fully saturated rings. The van der Waals surface area contributed by atoms with Crippen LogP contribution in [0, 0.1) is 34.8 Å². The Morgan fingerprint density at radius 2 is 1.96 bits per heavy atom. The normalized spacial score (nSPS) is 32.0. The molecule has 5 rings (SSSR count). The van der Waals surface area contributed by atoms with E-state index in [-0.39, 0.29) is 10.6 Å². The molecule has 1 aliphatic heterocycles. The first-order chi connectivity index (χ1) is 12.1. The quantitative estimate of drug-likeness (QED) is 0.606. The average molecular weight is 334 g/mol. The number of hydrogen-bond donors (Lipinski definition) is 1. The minimum Gasteiger partial charge on any atom is -0.378 e. The van der Waals surface area contributed by atoms with Gasteiger partial charge in [0, 0.05) is 17.8 Å². The predicted molar refractivity (Wildman–Crippen MR) is 97.7 cm³/mol. The molecule has 2 aliphatic carbocycles. The SMILES string of the molecule is Cc1cccc([C@H]2Nc3ccc([N+](=O)[O-])cc3[C@H]3[C@H]4CC[C@@H](C4)[C@@H]32)c1. The Kier molecular flexibility index (Phi) is 3.18. The smallest absolute Gasteiger partial charge is 0.269 e. The van der Waals surface area contributed by atoms with E-state index in [1.807, 2.05) is 12.1 Å². The Morgan fingerprint density at radius 3 is 2.76 bits per heavy atom. The van der Waals surface area contributed by atoms with Crippen LogP contribution in [0.25, 0.3) is 0 Å². The molecular weight excluding hydrogens is 312 g/mol. The van der Waals surface area contributed by atoms with Gasteiger partial charge in [0.1, 0.15) is 0 Å². The van der Waals surface area contributed by atoms with E-state index < -0.39 is 0 Å². The van der Waals surface area contributed by atoms with Crippen molar-refractivity contribution < 1.29 is 4.92 Å². The second-order valence-electron chi connectivity index (χ2n) is 8.00. The molecule has 128 valence electrons. The molecule has 1 heterocycles. The van der Waals surface area contributed by atoms with Crippen molar-refractivity contribution in [3.8, 4) is 0 Å². The molecule has 0 radical (unpaired) electrons. The summed E-state index contributed by atoms with van der Waals surface area (Å²) < 4.78 is 0. The molecule has 25 heavy (non-hydrogen) atoms. The summed E-state index contributed by atoms with van der Waals surface area (Å²) in [6.45, 7) is 2.14. The number of hydrogen-bond acceptors (Lipinski definition) is 3. The van der Waals surface area contributed by atoms with Crippen molar-refractivity contribution in [1.29, 1.82) is 0 Å². The molecule has 5 atom stereocenters. The van der Waals surface area contributed by atoms with E-state index in [2.05, 4.69) is 36.5 Å². The van der Waals surface area contributed by atoms with Gasteiger partial charge >= 0.3 is 0 Å². The van der Waals surface area contributed by atoms with Gasteiger partial charge in [0.05, 0.1) is 11.0 Å². The van der Waals surface area contributed by atoms with E-state index >= 15 is 0 Å². The summed E-state index contributed by atoms with van der Waals surface area (Å²) in [5.74, 6) is 2.43. The predicted octanol–water partition coefficient (Wildman–Crippen LogP) is 5.20. The van der Waals surface area contributed by atoms with E-state index in [1.54, 1.807) is 6.07 Å². The van der Waals surface area contributed by atoms with Crippen molar-refractivity contribution >= 4 is 11.4 Å². The average Bonchev–Trinajstić information content (AvgIpc) is 3.22. The summed E-state index contributed by atoms with van der Waals surface area (Å²) in [7, 11) is 0. The standard InChI is InChI=1S/C21H22N2O2/c1-12-3-2-4-15(9-12)21-20-14-6-5-13(10-14)19(20)17-11-16(23(24)25)7-8-18(17)22-21/h2-4,7-9,11,13-14,19-22H,5-6,10H2,1H3/t13-,14-,19+,20-,21+/m0/s1. The second kappa shape index (κ2) is 5.32. The topological polar surface area (TPSA) is 55.2 Å². The molecule has 0 amide bonds. The summed E-state index contributed by atoms with van der Waals surface area (Å²) >= 11 is 0. The molecule has 0 spiro atoms. The first kappa shape index (κ1) is 14.9. The first-order valence-corrected chi connectivity index (χ1v) is 9.23. The maximum Gasteiger partial charge on any atom is 0.269 e. The third-order valence-corrected chi connectivity index (χ3v) is 6.68. The van der Waals surface area contributed by atoms with Crippen LogP contribution in [0.15, 0.2) is 42.5 Å². The summed E-state index contributed by atoms with van der Waals surface area (Å²) in [6.07, 6.45) is 3.86. The van der Waals surface area contributed by atoms with Crippen LogP contribution >= 0.6 is 0 Å². The van der Waals surface area contributed by atoms with Gasteiger partial charge in [-0.1, -0.05) is 29.8 Å². The minimum atomic E-state index is -0.269. The lowest BCUT2D eigenvalue weighted by atomic mass is 9.68. The highest BCUT2D eigenvalue weighted by molar-refractivity contribution is 5.62. The zero-order valence-electron chi connectivity index (χ0n) is 14.3. The number of benzene rings is 2. The molecule has 1 N–H and O–H groups in total. The zero-order valence-corrected chi connectivity index (χ0v) is 14.3. The van der Waals surface area contributed by atoms with Crippen LogP contribution in [-0.2, 0) is 0 Å². The van der Waals surface area contributed by atoms with Gasteiger partial charge in [0.15, 0.2) is 0 Å². The number of rotatable bonds is 2. The number of anilines is 1. The minimum absolute atomic E-state index is 0.219. The van der Waals surface area contributed by atoms with Crippen LogP contribution in [0.1, 0.15) is 47.9 Å². The lowest BCUT2D eigenvalue weighted by Gasteiger charge is -2.43. The maximum atomic E-state index is 11.2. The molecule has 3 aliphatic rings. The number of nitrogens with one attached hydrogen (secondary N) is 1. The van der Waals surface area contributed by atoms with Gasteiger partial charge in [0.25, 0.3) is 5.69 Å². The number of non-ortho nitro benzene ring substituents is 1. The Bertz CT molecular complexity index is 863. The molecule has 2 saturated carbocycles. The highest BCUT2D eigenvalue weighted by atomic mass is 16.6. The number of nitrogens with zero attached hydrogens (tertiary/aromatic N) is 1. The highest BCUT2D eigenvalue weighted by Crippen LogP contribution is 2.63. The molecule has 2 aromatic rings. The third kappa shape index (κ3) is 2.20. The monoisotopic (exact) mass is 334 g/mol.